The second-order valence-corrected chi connectivity index (χ2v) is 6.07. The Kier molecular flexibility index (Phi) is 6.18. The van der Waals surface area contributed by atoms with Gasteiger partial charge in [0.15, 0.2) is 0 Å². The molecule has 1 N–H and O–H groups in total. The van der Waals surface area contributed by atoms with E-state index < -0.39 is 6.09 Å². The average molecular weight is 383 g/mol. The lowest BCUT2D eigenvalue weighted by Gasteiger charge is -2.09. The molecule has 0 spiro atoms. The van der Waals surface area contributed by atoms with E-state index >= 15 is 0 Å². The summed E-state index contributed by atoms with van der Waals surface area (Å²) in [5, 5.41) is 11.2. The molecule has 0 aliphatic carbocycles. The molecule has 0 fully saturated rings. The van der Waals surface area contributed by atoms with E-state index in [9.17, 15) is 9.59 Å². The summed E-state index contributed by atoms with van der Waals surface area (Å²) in [7, 11) is 3.34. The number of aryl methyl sites for hydroxylation is 1. The molecule has 0 saturated heterocycles. The number of nitrogens with zero attached hydrogens (tertiary/aromatic N) is 4. The van der Waals surface area contributed by atoms with Gasteiger partial charge in [-0.25, -0.2) is 9.48 Å². The van der Waals surface area contributed by atoms with Crippen molar-refractivity contribution in [1.29, 1.82) is 0 Å². The van der Waals surface area contributed by atoms with Crippen LogP contribution in [0.5, 0.6) is 0 Å². The summed E-state index contributed by atoms with van der Waals surface area (Å²) in [6.45, 7) is 0.500. The second kappa shape index (κ2) is 8.96. The third-order valence-corrected chi connectivity index (χ3v) is 3.90. The van der Waals surface area contributed by atoms with Crippen LogP contribution in [0.1, 0.15) is 11.3 Å². The fourth-order valence-electron chi connectivity index (χ4n) is 2.56. The minimum absolute atomic E-state index is 0.155. The van der Waals surface area contributed by atoms with Crippen LogP contribution < -0.4 is 10.7 Å². The van der Waals surface area contributed by atoms with Crippen LogP contribution in [0.3, 0.4) is 0 Å². The lowest BCUT2D eigenvalue weighted by molar-refractivity contribution is 0.107. The van der Waals surface area contributed by atoms with Gasteiger partial charge in [0.25, 0.3) is 0 Å². The Morgan fingerprint density at radius 3 is 2.86 bits per heavy atom. The Morgan fingerprint density at radius 1 is 1.25 bits per heavy atom. The molecular formula is C19H21N5O4. The van der Waals surface area contributed by atoms with Crippen molar-refractivity contribution in [2.45, 2.75) is 6.42 Å². The lowest BCUT2D eigenvalue weighted by atomic mass is 10.1. The molecule has 0 unspecified atom stereocenters. The number of anilines is 1. The first-order chi connectivity index (χ1) is 13.5. The molecule has 2 heterocycles. The average Bonchev–Trinajstić information content (AvgIpc) is 3.10. The second-order valence-electron chi connectivity index (χ2n) is 6.07. The number of ether oxygens (including phenoxy) is 2. The molecule has 0 saturated carbocycles. The molecule has 1 aromatic carbocycles. The van der Waals surface area contributed by atoms with Crippen LogP contribution in [0.15, 0.2) is 53.7 Å². The van der Waals surface area contributed by atoms with Crippen LogP contribution in [0.4, 0.5) is 10.5 Å². The number of benzene rings is 1. The first-order valence-corrected chi connectivity index (χ1v) is 8.64. The SMILES string of the molecule is COCCOC(=O)Nc1cccc(Cc2nn(-c3cnn(C)c3)ccc2=O)c1. The van der Waals surface area contributed by atoms with Gasteiger partial charge in [0, 0.05) is 38.5 Å². The number of methoxy groups -OCH3 is 1. The van der Waals surface area contributed by atoms with Crippen LogP contribution in [0.25, 0.3) is 5.69 Å². The van der Waals surface area contributed by atoms with Crippen molar-refractivity contribution < 1.29 is 14.3 Å². The summed E-state index contributed by atoms with van der Waals surface area (Å²) in [4.78, 5) is 24.0. The van der Waals surface area contributed by atoms with Crippen LogP contribution in [0.2, 0.25) is 0 Å². The van der Waals surface area contributed by atoms with Gasteiger partial charge >= 0.3 is 6.09 Å². The number of hydrogen-bond donors (Lipinski definition) is 1. The molecule has 1 amide bonds. The van der Waals surface area contributed by atoms with E-state index in [0.717, 1.165) is 11.3 Å². The highest BCUT2D eigenvalue weighted by atomic mass is 16.6. The highest BCUT2D eigenvalue weighted by Gasteiger charge is 2.08. The Bertz CT molecular complexity index is 1010. The van der Waals surface area contributed by atoms with Gasteiger partial charge in [-0.05, 0) is 17.7 Å². The van der Waals surface area contributed by atoms with Crippen LogP contribution in [-0.2, 0) is 22.9 Å². The third kappa shape index (κ3) is 5.04. The van der Waals surface area contributed by atoms with Crippen LogP contribution >= 0.6 is 0 Å². The van der Waals surface area contributed by atoms with Crippen molar-refractivity contribution in [3.8, 4) is 5.69 Å². The third-order valence-electron chi connectivity index (χ3n) is 3.90. The molecule has 0 aliphatic heterocycles. The van der Waals surface area contributed by atoms with E-state index in [4.69, 9.17) is 9.47 Å². The molecule has 28 heavy (non-hydrogen) atoms. The van der Waals surface area contributed by atoms with Gasteiger partial charge in [-0.3, -0.25) is 14.8 Å². The maximum Gasteiger partial charge on any atom is 0.411 e. The zero-order valence-electron chi connectivity index (χ0n) is 15.7. The minimum atomic E-state index is -0.564. The largest absolute Gasteiger partial charge is 0.447 e. The molecule has 0 aliphatic rings. The summed E-state index contributed by atoms with van der Waals surface area (Å²) in [5.74, 6) is 0. The number of aromatic nitrogens is 4. The van der Waals surface area contributed by atoms with Crippen molar-refractivity contribution in [3.63, 3.8) is 0 Å². The van der Waals surface area contributed by atoms with Gasteiger partial charge in [-0.1, -0.05) is 12.1 Å². The highest BCUT2D eigenvalue weighted by molar-refractivity contribution is 5.84. The summed E-state index contributed by atoms with van der Waals surface area (Å²) in [6, 6.07) is 8.66. The van der Waals surface area contributed by atoms with Gasteiger partial charge in [0.2, 0.25) is 5.43 Å². The molecular weight excluding hydrogens is 362 g/mol. The maximum absolute atomic E-state index is 12.2. The van der Waals surface area contributed by atoms with Crippen LogP contribution in [-0.4, -0.2) is 46.0 Å². The fraction of sp³-hybridized carbons (Fsp3) is 0.263. The molecule has 0 atom stereocenters. The Balaban J connectivity index is 1.73. The summed E-state index contributed by atoms with van der Waals surface area (Å²) in [6.07, 6.45) is 4.85. The molecule has 2 aromatic heterocycles. The Hall–Kier alpha value is -3.46. The number of rotatable bonds is 7. The molecule has 3 aromatic rings. The van der Waals surface area contributed by atoms with Crippen LogP contribution in [0, 0.1) is 0 Å². The fourth-order valence-corrected chi connectivity index (χ4v) is 2.56. The van der Waals surface area contributed by atoms with E-state index in [2.05, 4.69) is 15.5 Å². The van der Waals surface area contributed by atoms with Crippen molar-refractivity contribution >= 4 is 11.8 Å². The number of nitrogens with one attached hydrogen (secondary N) is 1. The van der Waals surface area contributed by atoms with Crippen molar-refractivity contribution in [1.82, 2.24) is 19.6 Å². The number of amides is 1. The predicted octanol–water partition coefficient (Wildman–Crippen LogP) is 1.75. The zero-order valence-corrected chi connectivity index (χ0v) is 15.7. The normalized spacial score (nSPS) is 10.6. The predicted molar refractivity (Wildman–Crippen MR) is 103 cm³/mol. The number of carbonyl (C=O) groups excluding carboxylic acids is 1. The topological polar surface area (TPSA) is 100 Å². The Morgan fingerprint density at radius 2 is 2.11 bits per heavy atom. The van der Waals surface area contributed by atoms with E-state index in [-0.39, 0.29) is 12.0 Å². The standard InChI is InChI=1S/C19H21N5O4/c1-23-13-16(12-20-23)24-7-6-18(25)17(22-24)11-14-4-3-5-15(10-14)21-19(26)28-9-8-27-2/h3-7,10,12-13H,8-9,11H2,1-2H3,(H,21,26). The van der Waals surface area contributed by atoms with Crippen molar-refractivity contribution in [2.75, 3.05) is 25.6 Å². The van der Waals surface area contributed by atoms with E-state index in [1.54, 1.807) is 46.2 Å². The lowest BCUT2D eigenvalue weighted by Crippen LogP contribution is -2.17. The maximum atomic E-state index is 12.2. The molecule has 3 rings (SSSR count). The molecule has 146 valence electrons. The van der Waals surface area contributed by atoms with E-state index in [1.165, 1.54) is 13.2 Å². The van der Waals surface area contributed by atoms with E-state index in [1.807, 2.05) is 13.1 Å². The minimum Gasteiger partial charge on any atom is -0.447 e. The van der Waals surface area contributed by atoms with Gasteiger partial charge in [0.1, 0.15) is 18.0 Å². The molecule has 9 nitrogen and oxygen atoms in total. The van der Waals surface area contributed by atoms with Crippen molar-refractivity contribution in [3.05, 3.63) is 70.4 Å². The summed E-state index contributed by atoms with van der Waals surface area (Å²) >= 11 is 0. The van der Waals surface area contributed by atoms with E-state index in [0.29, 0.717) is 24.4 Å². The number of carbonyl (C=O) groups is 1. The first kappa shape index (κ1) is 19.3. The van der Waals surface area contributed by atoms with Gasteiger partial charge in [0.05, 0.1) is 19.0 Å². The molecule has 0 radical (unpaired) electrons. The summed E-state index contributed by atoms with van der Waals surface area (Å²) < 4.78 is 13.1. The van der Waals surface area contributed by atoms with Gasteiger partial charge in [-0.15, -0.1) is 0 Å². The monoisotopic (exact) mass is 383 g/mol. The highest BCUT2D eigenvalue weighted by Crippen LogP contribution is 2.13. The van der Waals surface area contributed by atoms with Crippen molar-refractivity contribution in [2.24, 2.45) is 7.05 Å². The Labute approximate surface area is 161 Å². The van der Waals surface area contributed by atoms with Gasteiger partial charge < -0.3 is 9.47 Å². The summed E-state index contributed by atoms with van der Waals surface area (Å²) in [5.41, 5.74) is 2.41. The zero-order chi connectivity index (χ0) is 19.9. The van der Waals surface area contributed by atoms with Gasteiger partial charge in [-0.2, -0.15) is 10.2 Å². The first-order valence-electron chi connectivity index (χ1n) is 8.64. The smallest absolute Gasteiger partial charge is 0.411 e. The molecule has 0 bridgehead atoms. The molecule has 9 heteroatoms. The number of hydrogen-bond acceptors (Lipinski definition) is 6. The quantitative estimate of drug-likeness (QED) is 0.624.